The highest BCUT2D eigenvalue weighted by atomic mass is 32.1. The third-order valence-corrected chi connectivity index (χ3v) is 12.6. The van der Waals surface area contributed by atoms with Gasteiger partial charge in [-0.05, 0) is 100.0 Å². The van der Waals surface area contributed by atoms with Gasteiger partial charge in [-0.3, -0.25) is 0 Å². The van der Waals surface area contributed by atoms with E-state index < -0.39 is 0 Å². The molecule has 2 nitrogen and oxygen atoms in total. The van der Waals surface area contributed by atoms with Crippen LogP contribution >= 0.6 is 11.3 Å². The van der Waals surface area contributed by atoms with Gasteiger partial charge in [-0.1, -0.05) is 130 Å². The molecule has 3 heterocycles. The first-order chi connectivity index (χ1) is 26.9. The Morgan fingerprint density at radius 3 is 1.36 bits per heavy atom. The van der Waals surface area contributed by atoms with Gasteiger partial charge in [0.05, 0.1) is 22.1 Å². The lowest BCUT2D eigenvalue weighted by molar-refractivity contribution is 0.591. The predicted molar refractivity (Wildman–Crippen MR) is 238 cm³/mol. The van der Waals surface area contributed by atoms with Crippen molar-refractivity contribution < 1.29 is 0 Å². The van der Waals surface area contributed by atoms with Gasteiger partial charge in [-0.25, -0.2) is 0 Å². The standard InChI is InChI=1S/C52H38N2S/c1-52(2,3)37-24-29-48-43(30-37)40-10-4-7-13-46(40)53(48)38-25-20-35(21-26-38)33-16-18-34(19-17-33)36-22-27-39(28-23-36)54-47-14-8-5-11-41(47)44-32-51-45(31-49(44)54)42-12-6-9-15-50(42)55-51/h4-32H,1-3H3. The number of fused-ring (bicyclic) bond motifs is 9. The van der Waals surface area contributed by atoms with Crippen LogP contribution < -0.4 is 0 Å². The Kier molecular flexibility index (Phi) is 7.02. The Balaban J connectivity index is 0.912. The minimum Gasteiger partial charge on any atom is -0.309 e. The van der Waals surface area contributed by atoms with Crippen LogP contribution in [0.2, 0.25) is 0 Å². The molecule has 55 heavy (non-hydrogen) atoms. The van der Waals surface area contributed by atoms with Crippen molar-refractivity contribution >= 4 is 75.1 Å². The second kappa shape index (κ2) is 12.0. The summed E-state index contributed by atoms with van der Waals surface area (Å²) in [6, 6.07) is 65.1. The topological polar surface area (TPSA) is 9.86 Å². The quantitative estimate of drug-likeness (QED) is 0.171. The summed E-state index contributed by atoms with van der Waals surface area (Å²) < 4.78 is 7.50. The minimum absolute atomic E-state index is 0.0967. The van der Waals surface area contributed by atoms with Crippen molar-refractivity contribution in [3.63, 3.8) is 0 Å². The van der Waals surface area contributed by atoms with Crippen LogP contribution in [0.1, 0.15) is 26.3 Å². The fourth-order valence-corrected chi connectivity index (χ4v) is 9.77. The molecule has 0 fully saturated rings. The molecule has 262 valence electrons. The predicted octanol–water partition coefficient (Wildman–Crippen LogP) is 14.9. The Morgan fingerprint density at radius 2 is 0.800 bits per heavy atom. The first kappa shape index (κ1) is 32.0. The van der Waals surface area contributed by atoms with E-state index in [0.717, 1.165) is 0 Å². The molecule has 0 aliphatic heterocycles. The molecule has 0 radical (unpaired) electrons. The van der Waals surface area contributed by atoms with Crippen LogP contribution in [-0.4, -0.2) is 9.13 Å². The maximum Gasteiger partial charge on any atom is 0.0548 e. The number of benzene rings is 8. The molecular formula is C52H38N2S. The van der Waals surface area contributed by atoms with Gasteiger partial charge in [0, 0.05) is 53.1 Å². The van der Waals surface area contributed by atoms with Crippen molar-refractivity contribution in [3.8, 4) is 33.6 Å². The van der Waals surface area contributed by atoms with E-state index in [0.29, 0.717) is 0 Å². The molecule has 3 aromatic heterocycles. The van der Waals surface area contributed by atoms with Crippen LogP contribution in [0.3, 0.4) is 0 Å². The number of aromatic nitrogens is 2. The molecule has 11 aromatic rings. The lowest BCUT2D eigenvalue weighted by Gasteiger charge is -2.19. The fraction of sp³-hybridized carbons (Fsp3) is 0.0769. The van der Waals surface area contributed by atoms with Crippen LogP contribution in [-0.2, 0) is 5.41 Å². The number of thiophene rings is 1. The van der Waals surface area contributed by atoms with Crippen molar-refractivity contribution in [2.45, 2.75) is 26.2 Å². The Morgan fingerprint density at radius 1 is 0.345 bits per heavy atom. The van der Waals surface area contributed by atoms with Crippen molar-refractivity contribution in [3.05, 3.63) is 181 Å². The molecule has 0 bridgehead atoms. The molecular weight excluding hydrogens is 685 g/mol. The van der Waals surface area contributed by atoms with Gasteiger partial charge in [-0.15, -0.1) is 11.3 Å². The van der Waals surface area contributed by atoms with Crippen molar-refractivity contribution in [2.75, 3.05) is 0 Å². The Bertz CT molecular complexity index is 3260. The first-order valence-electron chi connectivity index (χ1n) is 19.1. The fourth-order valence-electron chi connectivity index (χ4n) is 8.64. The van der Waals surface area contributed by atoms with E-state index in [-0.39, 0.29) is 5.41 Å². The van der Waals surface area contributed by atoms with Gasteiger partial charge in [0.25, 0.3) is 0 Å². The molecule has 0 spiro atoms. The van der Waals surface area contributed by atoms with Gasteiger partial charge in [0.15, 0.2) is 0 Å². The zero-order valence-electron chi connectivity index (χ0n) is 31.0. The molecule has 0 aliphatic carbocycles. The van der Waals surface area contributed by atoms with E-state index in [2.05, 4.69) is 206 Å². The molecule has 8 aromatic carbocycles. The van der Waals surface area contributed by atoms with Gasteiger partial charge < -0.3 is 9.13 Å². The summed E-state index contributed by atoms with van der Waals surface area (Å²) in [6.07, 6.45) is 0. The molecule has 0 saturated heterocycles. The van der Waals surface area contributed by atoms with Crippen molar-refractivity contribution in [2.24, 2.45) is 0 Å². The molecule has 0 aliphatic rings. The SMILES string of the molecule is CC(C)(C)c1ccc2c(c1)c1ccccc1n2-c1ccc(-c2ccc(-c3ccc(-n4c5ccccc5c5cc6sc7ccccc7c6cc54)cc3)cc2)cc1. The van der Waals surface area contributed by atoms with Crippen LogP contribution in [0.15, 0.2) is 176 Å². The van der Waals surface area contributed by atoms with Gasteiger partial charge in [-0.2, -0.15) is 0 Å². The highest BCUT2D eigenvalue weighted by Crippen LogP contribution is 2.41. The smallest absolute Gasteiger partial charge is 0.0548 e. The summed E-state index contributed by atoms with van der Waals surface area (Å²) in [4.78, 5) is 0. The second-order valence-corrected chi connectivity index (χ2v) is 16.9. The summed E-state index contributed by atoms with van der Waals surface area (Å²) in [5.41, 5.74) is 13.6. The third-order valence-electron chi connectivity index (χ3n) is 11.5. The normalized spacial score (nSPS) is 12.3. The van der Waals surface area contributed by atoms with E-state index in [4.69, 9.17) is 0 Å². The molecule has 0 N–H and O–H groups in total. The van der Waals surface area contributed by atoms with E-state index in [1.807, 2.05) is 11.3 Å². The number of rotatable bonds is 4. The van der Waals surface area contributed by atoms with Crippen LogP contribution in [0.4, 0.5) is 0 Å². The van der Waals surface area contributed by atoms with E-state index in [1.54, 1.807) is 0 Å². The number of hydrogen-bond donors (Lipinski definition) is 0. The first-order valence-corrected chi connectivity index (χ1v) is 19.9. The maximum atomic E-state index is 2.43. The zero-order chi connectivity index (χ0) is 36.8. The molecule has 0 atom stereocenters. The van der Waals surface area contributed by atoms with Crippen LogP contribution in [0.25, 0.3) is 97.4 Å². The highest BCUT2D eigenvalue weighted by molar-refractivity contribution is 7.25. The molecule has 0 amide bonds. The summed E-state index contributed by atoms with van der Waals surface area (Å²) in [6.45, 7) is 6.85. The van der Waals surface area contributed by atoms with Crippen molar-refractivity contribution in [1.29, 1.82) is 0 Å². The summed E-state index contributed by atoms with van der Waals surface area (Å²) >= 11 is 1.88. The number of hydrogen-bond acceptors (Lipinski definition) is 1. The van der Waals surface area contributed by atoms with E-state index >= 15 is 0 Å². The average Bonchev–Trinajstić information content (AvgIpc) is 3.87. The van der Waals surface area contributed by atoms with E-state index in [9.17, 15) is 0 Å². The Labute approximate surface area is 324 Å². The van der Waals surface area contributed by atoms with Crippen LogP contribution in [0, 0.1) is 0 Å². The summed E-state index contributed by atoms with van der Waals surface area (Å²) in [5.74, 6) is 0. The largest absolute Gasteiger partial charge is 0.309 e. The molecule has 3 heteroatoms. The third kappa shape index (κ3) is 5.07. The monoisotopic (exact) mass is 722 g/mol. The zero-order valence-corrected chi connectivity index (χ0v) is 31.9. The summed E-state index contributed by atoms with van der Waals surface area (Å²) in [7, 11) is 0. The number of nitrogens with zero attached hydrogens (tertiary/aromatic N) is 2. The van der Waals surface area contributed by atoms with Gasteiger partial charge in [0.1, 0.15) is 0 Å². The molecule has 0 unspecified atom stereocenters. The number of para-hydroxylation sites is 2. The lowest BCUT2D eigenvalue weighted by atomic mass is 9.86. The van der Waals surface area contributed by atoms with Crippen molar-refractivity contribution in [1.82, 2.24) is 9.13 Å². The van der Waals surface area contributed by atoms with E-state index in [1.165, 1.54) is 103 Å². The minimum atomic E-state index is 0.0967. The van der Waals surface area contributed by atoms with Crippen LogP contribution in [0.5, 0.6) is 0 Å². The molecule has 11 rings (SSSR count). The van der Waals surface area contributed by atoms with Gasteiger partial charge >= 0.3 is 0 Å². The van der Waals surface area contributed by atoms with Gasteiger partial charge in [0.2, 0.25) is 0 Å². The summed E-state index contributed by atoms with van der Waals surface area (Å²) in [5, 5.41) is 7.83. The average molecular weight is 723 g/mol. The Hall–Kier alpha value is -6.42. The molecule has 0 saturated carbocycles. The second-order valence-electron chi connectivity index (χ2n) is 15.8. The maximum absolute atomic E-state index is 2.43. The lowest BCUT2D eigenvalue weighted by Crippen LogP contribution is -2.10. The highest BCUT2D eigenvalue weighted by Gasteiger charge is 2.19.